The molecule has 0 radical (unpaired) electrons. The molecule has 0 saturated carbocycles. The Labute approximate surface area is 159 Å². The number of guanidine groups is 1. The summed E-state index contributed by atoms with van der Waals surface area (Å²) in [6, 6.07) is 8.27. The third-order valence-electron chi connectivity index (χ3n) is 4.58. The van der Waals surface area contributed by atoms with Crippen molar-refractivity contribution in [3.63, 3.8) is 0 Å². The van der Waals surface area contributed by atoms with Gasteiger partial charge in [-0.3, -0.25) is 4.99 Å². The molecule has 0 aliphatic carbocycles. The summed E-state index contributed by atoms with van der Waals surface area (Å²) >= 11 is 0. The SMILES string of the molecule is CCc1nncn1CCNC(=NC)NCCCn1c(C)nc2ccccc21. The number of aryl methyl sites for hydroxylation is 3. The van der Waals surface area contributed by atoms with Crippen LogP contribution in [0, 0.1) is 6.92 Å². The first kappa shape index (κ1) is 18.9. The van der Waals surface area contributed by atoms with Crippen molar-refractivity contribution >= 4 is 17.0 Å². The number of hydrogen-bond donors (Lipinski definition) is 2. The van der Waals surface area contributed by atoms with Crippen molar-refractivity contribution < 1.29 is 0 Å². The maximum Gasteiger partial charge on any atom is 0.191 e. The molecule has 2 N–H and O–H groups in total. The van der Waals surface area contributed by atoms with E-state index in [9.17, 15) is 0 Å². The van der Waals surface area contributed by atoms with E-state index in [1.54, 1.807) is 13.4 Å². The van der Waals surface area contributed by atoms with Gasteiger partial charge in [0.2, 0.25) is 0 Å². The van der Waals surface area contributed by atoms with E-state index in [1.165, 1.54) is 5.52 Å². The molecule has 0 aliphatic heterocycles. The zero-order valence-electron chi connectivity index (χ0n) is 16.3. The average molecular weight is 368 g/mol. The summed E-state index contributed by atoms with van der Waals surface area (Å²) in [6.07, 6.45) is 3.65. The van der Waals surface area contributed by atoms with Gasteiger partial charge in [0.25, 0.3) is 0 Å². The molecule has 8 nitrogen and oxygen atoms in total. The first-order chi connectivity index (χ1) is 13.2. The molecular formula is C19H28N8. The van der Waals surface area contributed by atoms with Crippen molar-refractivity contribution in [1.82, 2.24) is 34.9 Å². The highest BCUT2D eigenvalue weighted by Gasteiger charge is 2.06. The first-order valence-corrected chi connectivity index (χ1v) is 9.46. The van der Waals surface area contributed by atoms with Crippen LogP contribution in [0.4, 0.5) is 0 Å². The van der Waals surface area contributed by atoms with Gasteiger partial charge in [0.1, 0.15) is 18.0 Å². The number of para-hydroxylation sites is 2. The second kappa shape index (κ2) is 9.16. The number of nitrogens with zero attached hydrogens (tertiary/aromatic N) is 6. The molecule has 144 valence electrons. The molecule has 2 heterocycles. The molecule has 0 fully saturated rings. The largest absolute Gasteiger partial charge is 0.356 e. The highest BCUT2D eigenvalue weighted by Crippen LogP contribution is 2.15. The van der Waals surface area contributed by atoms with Gasteiger partial charge in [-0.1, -0.05) is 19.1 Å². The topological polar surface area (TPSA) is 85.0 Å². The third kappa shape index (κ3) is 4.64. The zero-order chi connectivity index (χ0) is 19.1. The predicted molar refractivity (Wildman–Crippen MR) is 108 cm³/mol. The van der Waals surface area contributed by atoms with Crippen molar-refractivity contribution in [2.45, 2.75) is 39.8 Å². The van der Waals surface area contributed by atoms with Gasteiger partial charge in [0, 0.05) is 39.6 Å². The van der Waals surface area contributed by atoms with E-state index in [4.69, 9.17) is 0 Å². The van der Waals surface area contributed by atoms with Crippen LogP contribution in [0.5, 0.6) is 0 Å². The summed E-state index contributed by atoms with van der Waals surface area (Å²) in [5.41, 5.74) is 2.25. The summed E-state index contributed by atoms with van der Waals surface area (Å²) in [5.74, 6) is 2.87. The molecule has 3 aromatic rings. The number of hydrogen-bond acceptors (Lipinski definition) is 4. The minimum absolute atomic E-state index is 0.774. The zero-order valence-corrected chi connectivity index (χ0v) is 16.3. The van der Waals surface area contributed by atoms with Gasteiger partial charge >= 0.3 is 0 Å². The molecule has 1 aromatic carbocycles. The Kier molecular flexibility index (Phi) is 6.40. The quantitative estimate of drug-likeness (QED) is 0.359. The summed E-state index contributed by atoms with van der Waals surface area (Å²) in [5, 5.41) is 14.8. The lowest BCUT2D eigenvalue weighted by Gasteiger charge is -2.13. The number of benzene rings is 1. The van der Waals surface area contributed by atoms with Crippen LogP contribution in [0.1, 0.15) is 25.0 Å². The monoisotopic (exact) mass is 368 g/mol. The van der Waals surface area contributed by atoms with Crippen LogP contribution < -0.4 is 10.6 Å². The van der Waals surface area contributed by atoms with Gasteiger partial charge in [-0.25, -0.2) is 4.98 Å². The highest BCUT2D eigenvalue weighted by atomic mass is 15.3. The second-order valence-corrected chi connectivity index (χ2v) is 6.37. The maximum atomic E-state index is 4.62. The van der Waals surface area contributed by atoms with E-state index in [1.807, 2.05) is 6.07 Å². The minimum Gasteiger partial charge on any atom is -0.356 e. The summed E-state index contributed by atoms with van der Waals surface area (Å²) in [4.78, 5) is 8.90. The normalized spacial score (nSPS) is 11.9. The summed E-state index contributed by atoms with van der Waals surface area (Å²) in [7, 11) is 1.79. The molecule has 0 saturated heterocycles. The molecule has 0 unspecified atom stereocenters. The molecule has 0 atom stereocenters. The van der Waals surface area contributed by atoms with E-state index in [-0.39, 0.29) is 0 Å². The molecule has 0 bridgehead atoms. The van der Waals surface area contributed by atoms with Gasteiger partial charge in [0.05, 0.1) is 11.0 Å². The number of fused-ring (bicyclic) bond motifs is 1. The summed E-state index contributed by atoms with van der Waals surface area (Å²) in [6.45, 7) is 7.51. The van der Waals surface area contributed by atoms with Crippen molar-refractivity contribution in [1.29, 1.82) is 0 Å². The van der Waals surface area contributed by atoms with E-state index < -0.39 is 0 Å². The third-order valence-corrected chi connectivity index (χ3v) is 4.58. The Morgan fingerprint density at radius 1 is 1.15 bits per heavy atom. The molecule has 8 heteroatoms. The van der Waals surface area contributed by atoms with E-state index >= 15 is 0 Å². The van der Waals surface area contributed by atoms with Gasteiger partial charge in [-0.2, -0.15) is 0 Å². The first-order valence-electron chi connectivity index (χ1n) is 9.46. The Hall–Kier alpha value is -2.90. The van der Waals surface area contributed by atoms with Gasteiger partial charge in [-0.05, 0) is 25.5 Å². The van der Waals surface area contributed by atoms with Crippen LogP contribution in [0.3, 0.4) is 0 Å². The fourth-order valence-corrected chi connectivity index (χ4v) is 3.18. The highest BCUT2D eigenvalue weighted by molar-refractivity contribution is 5.79. The maximum absolute atomic E-state index is 4.62. The minimum atomic E-state index is 0.774. The Morgan fingerprint density at radius 3 is 2.78 bits per heavy atom. The standard InChI is InChI=1S/C19H28N8/c1-4-18-25-23-14-26(18)13-11-22-19(20-3)21-10-7-12-27-15(2)24-16-8-5-6-9-17(16)27/h5-6,8-9,14H,4,7,10-13H2,1-3H3,(H2,20,21,22). The molecular weight excluding hydrogens is 340 g/mol. The lowest BCUT2D eigenvalue weighted by Crippen LogP contribution is -2.39. The lowest BCUT2D eigenvalue weighted by molar-refractivity contribution is 0.611. The van der Waals surface area contributed by atoms with Crippen LogP contribution in [0.2, 0.25) is 0 Å². The second-order valence-electron chi connectivity index (χ2n) is 6.37. The van der Waals surface area contributed by atoms with Crippen LogP contribution in [0.15, 0.2) is 35.6 Å². The molecule has 0 aliphatic rings. The predicted octanol–water partition coefficient (Wildman–Crippen LogP) is 1.75. The Morgan fingerprint density at radius 2 is 1.96 bits per heavy atom. The van der Waals surface area contributed by atoms with E-state index in [2.05, 4.69) is 72.0 Å². The number of imidazole rings is 1. The molecule has 2 aromatic heterocycles. The van der Waals surface area contributed by atoms with Gasteiger partial charge < -0.3 is 19.8 Å². The number of aromatic nitrogens is 5. The van der Waals surface area contributed by atoms with Crippen LogP contribution in [-0.4, -0.2) is 50.4 Å². The summed E-state index contributed by atoms with van der Waals surface area (Å²) < 4.78 is 4.33. The van der Waals surface area contributed by atoms with Crippen LogP contribution in [-0.2, 0) is 19.5 Å². The van der Waals surface area contributed by atoms with Crippen molar-refractivity contribution in [2.24, 2.45) is 4.99 Å². The average Bonchev–Trinajstić information content (AvgIpc) is 3.27. The molecule has 3 rings (SSSR count). The molecule has 0 amide bonds. The smallest absolute Gasteiger partial charge is 0.191 e. The van der Waals surface area contributed by atoms with Crippen molar-refractivity contribution in [3.8, 4) is 0 Å². The van der Waals surface area contributed by atoms with E-state index in [0.29, 0.717) is 0 Å². The lowest BCUT2D eigenvalue weighted by atomic mass is 10.3. The van der Waals surface area contributed by atoms with Crippen LogP contribution >= 0.6 is 0 Å². The Balaban J connectivity index is 1.42. The van der Waals surface area contributed by atoms with Crippen molar-refractivity contribution in [2.75, 3.05) is 20.1 Å². The van der Waals surface area contributed by atoms with Crippen LogP contribution in [0.25, 0.3) is 11.0 Å². The molecule has 0 spiro atoms. The fourth-order valence-electron chi connectivity index (χ4n) is 3.18. The number of aliphatic imine (C=N–C) groups is 1. The fraction of sp³-hybridized carbons (Fsp3) is 0.474. The van der Waals surface area contributed by atoms with Gasteiger partial charge in [0.15, 0.2) is 5.96 Å². The van der Waals surface area contributed by atoms with Crippen molar-refractivity contribution in [3.05, 3.63) is 42.2 Å². The van der Waals surface area contributed by atoms with Gasteiger partial charge in [-0.15, -0.1) is 10.2 Å². The van der Waals surface area contributed by atoms with E-state index in [0.717, 1.165) is 62.1 Å². The number of nitrogens with one attached hydrogen (secondary N) is 2. The number of rotatable bonds is 8. The molecule has 27 heavy (non-hydrogen) atoms. The Bertz CT molecular complexity index is 892.